The predicted octanol–water partition coefficient (Wildman–Crippen LogP) is 2.19. The first-order valence-corrected chi connectivity index (χ1v) is 13.7. The van der Waals surface area contributed by atoms with Gasteiger partial charge >= 0.3 is 0 Å². The van der Waals surface area contributed by atoms with Crippen LogP contribution in [0.4, 0.5) is 11.8 Å². The summed E-state index contributed by atoms with van der Waals surface area (Å²) in [5.41, 5.74) is 1.01. The lowest BCUT2D eigenvalue weighted by Gasteiger charge is -2.26. The largest absolute Gasteiger partial charge is 0.458 e. The number of likely N-dealkylation sites (tertiary alicyclic amines) is 1. The van der Waals surface area contributed by atoms with Gasteiger partial charge in [-0.25, -0.2) is 4.98 Å². The number of anilines is 2. The Bertz CT molecular complexity index is 1240. The highest BCUT2D eigenvalue weighted by atomic mass is 16.6. The third kappa shape index (κ3) is 5.82. The van der Waals surface area contributed by atoms with Crippen molar-refractivity contribution in [3.05, 3.63) is 18.0 Å². The highest BCUT2D eigenvalue weighted by Gasteiger charge is 2.50. The molecule has 0 spiro atoms. The number of aromatic nitrogens is 6. The van der Waals surface area contributed by atoms with Crippen LogP contribution < -0.4 is 10.6 Å². The van der Waals surface area contributed by atoms with Crippen LogP contribution in [0, 0.1) is 6.92 Å². The van der Waals surface area contributed by atoms with Gasteiger partial charge in [0.25, 0.3) is 12.4 Å². The zero-order chi connectivity index (χ0) is 27.4. The molecule has 0 saturated carbocycles. The first-order valence-electron chi connectivity index (χ1n) is 13.7. The van der Waals surface area contributed by atoms with E-state index in [1.807, 2.05) is 0 Å². The van der Waals surface area contributed by atoms with Crippen LogP contribution in [0.15, 0.2) is 10.9 Å². The number of carbonyl (C=O) groups excluding carboxylic acids is 1. The number of nitrogens with one attached hydrogen (secondary N) is 2. The van der Waals surface area contributed by atoms with Crippen molar-refractivity contribution in [3.8, 4) is 0 Å². The Morgan fingerprint density at radius 2 is 2.00 bits per heavy atom. The number of ether oxygens (including phenoxy) is 2. The van der Waals surface area contributed by atoms with Crippen molar-refractivity contribution < 1.29 is 23.9 Å². The van der Waals surface area contributed by atoms with Crippen LogP contribution in [0.25, 0.3) is 11.2 Å². The fraction of sp³-hybridized carbons (Fsp3) is 0.680. The maximum atomic E-state index is 11.2. The molecule has 212 valence electrons. The lowest BCUT2D eigenvalue weighted by molar-refractivity contribution is -0.140. The third-order valence-corrected chi connectivity index (χ3v) is 7.39. The predicted molar refractivity (Wildman–Crippen MR) is 141 cm³/mol. The Kier molecular flexibility index (Phi) is 8.53. The van der Waals surface area contributed by atoms with Crippen molar-refractivity contribution in [2.45, 2.75) is 83.5 Å². The van der Waals surface area contributed by atoms with Gasteiger partial charge in [-0.3, -0.25) is 9.36 Å². The number of fused-ring (bicyclic) bond motifs is 1. The molecule has 0 amide bonds. The van der Waals surface area contributed by atoms with Gasteiger partial charge in [0.15, 0.2) is 41.2 Å². The normalized spacial score (nSPS) is 23.9. The van der Waals surface area contributed by atoms with E-state index in [-0.39, 0.29) is 18.4 Å². The average Bonchev–Trinajstić information content (AvgIpc) is 3.65. The van der Waals surface area contributed by atoms with Crippen molar-refractivity contribution in [1.29, 1.82) is 0 Å². The van der Waals surface area contributed by atoms with Gasteiger partial charge in [0, 0.05) is 19.1 Å². The highest BCUT2D eigenvalue weighted by molar-refractivity contribution is 5.84. The lowest BCUT2D eigenvalue weighted by Crippen LogP contribution is -2.34. The summed E-state index contributed by atoms with van der Waals surface area (Å²) in [6.07, 6.45) is 2.89. The van der Waals surface area contributed by atoms with Gasteiger partial charge in [-0.1, -0.05) is 25.4 Å². The lowest BCUT2D eigenvalue weighted by atomic mass is 10.1. The van der Waals surface area contributed by atoms with Crippen LogP contribution in [0.5, 0.6) is 0 Å². The van der Waals surface area contributed by atoms with Crippen LogP contribution >= 0.6 is 0 Å². The number of aliphatic hydroxyl groups is 1. The summed E-state index contributed by atoms with van der Waals surface area (Å²) in [7, 11) is 0. The molecular weight excluding hydrogens is 506 g/mol. The second-order valence-electron chi connectivity index (χ2n) is 10.0. The van der Waals surface area contributed by atoms with Crippen LogP contribution in [0.3, 0.4) is 0 Å². The number of rotatable bonds is 12. The first-order chi connectivity index (χ1) is 19.0. The van der Waals surface area contributed by atoms with Gasteiger partial charge in [0.1, 0.15) is 6.10 Å². The van der Waals surface area contributed by atoms with Gasteiger partial charge in [-0.15, -0.1) is 0 Å². The van der Waals surface area contributed by atoms with Crippen molar-refractivity contribution in [2.24, 2.45) is 0 Å². The maximum absolute atomic E-state index is 11.2. The fourth-order valence-corrected chi connectivity index (χ4v) is 5.20. The molecule has 3 N–H and O–H groups in total. The Morgan fingerprint density at radius 3 is 2.69 bits per heavy atom. The van der Waals surface area contributed by atoms with Crippen LogP contribution in [0.2, 0.25) is 0 Å². The zero-order valence-corrected chi connectivity index (χ0v) is 22.6. The van der Waals surface area contributed by atoms with Crippen molar-refractivity contribution in [1.82, 2.24) is 34.6 Å². The monoisotopic (exact) mass is 543 g/mol. The molecule has 0 bridgehead atoms. The van der Waals surface area contributed by atoms with Gasteiger partial charge < -0.3 is 34.6 Å². The van der Waals surface area contributed by atoms with Crippen molar-refractivity contribution in [3.63, 3.8) is 0 Å². The number of aryl methyl sites for hydroxylation is 1. The summed E-state index contributed by atoms with van der Waals surface area (Å²) in [6, 6.07) is 0.207. The molecule has 4 atom stereocenters. The van der Waals surface area contributed by atoms with E-state index in [0.717, 1.165) is 32.5 Å². The van der Waals surface area contributed by atoms with E-state index < -0.39 is 24.5 Å². The number of carbonyl (C=O) groups is 1. The molecule has 2 saturated heterocycles. The number of piperidine rings is 1. The molecule has 0 aliphatic carbocycles. The van der Waals surface area contributed by atoms with E-state index in [9.17, 15) is 9.90 Å². The number of hydrogen-bond donors (Lipinski definition) is 3. The van der Waals surface area contributed by atoms with E-state index in [0.29, 0.717) is 35.3 Å². The Balaban J connectivity index is 1.45. The van der Waals surface area contributed by atoms with Crippen molar-refractivity contribution >= 4 is 29.4 Å². The average molecular weight is 544 g/mol. The molecule has 2 aliphatic heterocycles. The summed E-state index contributed by atoms with van der Waals surface area (Å²) >= 11 is 0. The first kappa shape index (κ1) is 27.2. The maximum Gasteiger partial charge on any atom is 0.293 e. The molecule has 0 radical (unpaired) electrons. The molecule has 3 aromatic rings. The fourth-order valence-electron chi connectivity index (χ4n) is 5.20. The van der Waals surface area contributed by atoms with Gasteiger partial charge in [0.05, 0.1) is 6.33 Å². The van der Waals surface area contributed by atoms with Gasteiger partial charge in [-0.05, 0) is 45.7 Å². The Hall–Kier alpha value is -3.36. The quantitative estimate of drug-likeness (QED) is 0.285. The Morgan fingerprint density at radius 1 is 1.21 bits per heavy atom. The van der Waals surface area contributed by atoms with Gasteiger partial charge in [0.2, 0.25) is 5.95 Å². The molecule has 2 fully saturated rings. The topological polar surface area (TPSA) is 166 Å². The van der Waals surface area contributed by atoms with Crippen LogP contribution in [-0.2, 0) is 14.3 Å². The van der Waals surface area contributed by atoms with Crippen molar-refractivity contribution in [2.75, 3.05) is 36.8 Å². The summed E-state index contributed by atoms with van der Waals surface area (Å²) in [4.78, 5) is 32.0. The Labute approximate surface area is 226 Å². The number of aliphatic hydroxyl groups excluding tert-OH is 1. The minimum absolute atomic E-state index is 0.108. The molecular formula is C25H37N9O5. The number of imidazole rings is 1. The van der Waals surface area contributed by atoms with E-state index in [2.05, 4.69) is 44.5 Å². The van der Waals surface area contributed by atoms with Gasteiger partial charge in [-0.2, -0.15) is 15.0 Å². The third-order valence-electron chi connectivity index (χ3n) is 7.39. The number of nitrogens with zero attached hydrogens (tertiary/aromatic N) is 7. The molecule has 39 heavy (non-hydrogen) atoms. The highest BCUT2D eigenvalue weighted by Crippen LogP contribution is 2.41. The zero-order valence-electron chi connectivity index (χ0n) is 22.6. The molecule has 2 aliphatic rings. The summed E-state index contributed by atoms with van der Waals surface area (Å²) in [5, 5.41) is 21.8. The molecule has 0 aromatic carbocycles. The molecule has 5 rings (SSSR count). The molecule has 5 heterocycles. The summed E-state index contributed by atoms with van der Waals surface area (Å²) in [6.45, 7) is 9.98. The molecule has 14 nitrogen and oxygen atoms in total. The van der Waals surface area contributed by atoms with Crippen LogP contribution in [-0.4, -0.2) is 90.6 Å². The van der Waals surface area contributed by atoms with E-state index in [1.165, 1.54) is 19.3 Å². The van der Waals surface area contributed by atoms with Crippen LogP contribution in [0.1, 0.15) is 70.0 Å². The van der Waals surface area contributed by atoms with E-state index in [1.54, 1.807) is 17.8 Å². The standard InChI is InChI=1S/C25H37N9O5/c1-4-16(5-2)29-21-17-22(31-25(30-21)26-9-12-33-10-7-6-8-11-33)34(13-27-17)24-18(36)19(37-14-35)20(38-24)23-28-15(3)32-39-23/h13-14,16,18-20,24,36H,4-12H2,1-3H3,(H2,26,29,30,31)/t18-,19+,20+,24-/m1/s1. The van der Waals surface area contributed by atoms with E-state index in [4.69, 9.17) is 24.0 Å². The number of hydrogen-bond acceptors (Lipinski definition) is 13. The second kappa shape index (κ2) is 12.2. The summed E-state index contributed by atoms with van der Waals surface area (Å²) in [5.74, 6) is 1.56. The minimum atomic E-state index is -1.24. The van der Waals surface area contributed by atoms with E-state index >= 15 is 0 Å². The smallest absolute Gasteiger partial charge is 0.293 e. The SMILES string of the molecule is CCC(CC)Nc1nc(NCCN2CCCCC2)nc2c1ncn2[C@@H]1O[C@H](c2nc(C)no2)[C@@H](OC=O)[C@H]1O. The molecule has 3 aromatic heterocycles. The molecule has 0 unspecified atom stereocenters. The summed E-state index contributed by atoms with van der Waals surface area (Å²) < 4.78 is 18.2. The minimum Gasteiger partial charge on any atom is -0.458 e. The second-order valence-corrected chi connectivity index (χ2v) is 10.0. The molecule has 14 heteroatoms.